The fourth-order valence-corrected chi connectivity index (χ4v) is 5.57. The fraction of sp³-hybridized carbons (Fsp3) is 0.391. The summed E-state index contributed by atoms with van der Waals surface area (Å²) in [7, 11) is 0. The lowest BCUT2D eigenvalue weighted by molar-refractivity contribution is -0.132. The predicted molar refractivity (Wildman–Crippen MR) is 128 cm³/mol. The number of amides is 2. The lowest BCUT2D eigenvalue weighted by Gasteiger charge is -2.34. The summed E-state index contributed by atoms with van der Waals surface area (Å²) in [6.07, 6.45) is 1.72. The Bertz CT molecular complexity index is 1090. The number of fused-ring (bicyclic) bond motifs is 1. The van der Waals surface area contributed by atoms with Gasteiger partial charge >= 0.3 is 6.09 Å². The van der Waals surface area contributed by atoms with E-state index < -0.39 is 0 Å². The van der Waals surface area contributed by atoms with E-state index in [1.54, 1.807) is 41.2 Å². The van der Waals surface area contributed by atoms with Crippen LogP contribution in [0.3, 0.4) is 0 Å². The molecule has 0 atom stereocenters. The van der Waals surface area contributed by atoms with Crippen molar-refractivity contribution >= 4 is 45.3 Å². The highest BCUT2D eigenvalue weighted by Gasteiger charge is 2.24. The molecule has 0 saturated carbocycles. The number of nitrogens with zero attached hydrogens (tertiary/aromatic N) is 4. The number of thioether (sulfide) groups is 1. The van der Waals surface area contributed by atoms with Crippen LogP contribution in [0.5, 0.6) is 0 Å². The molecule has 9 heteroatoms. The molecule has 0 unspecified atom stereocenters. The van der Waals surface area contributed by atoms with Crippen molar-refractivity contribution in [3.8, 4) is 11.1 Å². The monoisotopic (exact) mass is 470 g/mol. The molecule has 1 saturated heterocycles. The van der Waals surface area contributed by atoms with Crippen LogP contribution in [0.2, 0.25) is 0 Å². The van der Waals surface area contributed by atoms with Gasteiger partial charge in [0.1, 0.15) is 16.2 Å². The van der Waals surface area contributed by atoms with Crippen LogP contribution in [0.1, 0.15) is 18.9 Å². The van der Waals surface area contributed by atoms with Gasteiger partial charge in [-0.1, -0.05) is 29.8 Å². The lowest BCUT2D eigenvalue weighted by atomic mass is 10.1. The first-order valence-electron chi connectivity index (χ1n) is 10.7. The van der Waals surface area contributed by atoms with E-state index >= 15 is 0 Å². The molecule has 0 spiro atoms. The number of benzene rings is 1. The predicted octanol–water partition coefficient (Wildman–Crippen LogP) is 4.45. The van der Waals surface area contributed by atoms with Crippen LogP contribution >= 0.6 is 23.1 Å². The Labute approximate surface area is 195 Å². The summed E-state index contributed by atoms with van der Waals surface area (Å²) in [5.41, 5.74) is 3.50. The summed E-state index contributed by atoms with van der Waals surface area (Å²) < 4.78 is 5.04. The molecule has 4 rings (SSSR count). The van der Waals surface area contributed by atoms with Crippen molar-refractivity contribution < 1.29 is 14.3 Å². The van der Waals surface area contributed by atoms with Crippen molar-refractivity contribution in [3.63, 3.8) is 0 Å². The number of carbonyl (C=O) groups excluding carboxylic acids is 2. The Morgan fingerprint density at radius 3 is 2.53 bits per heavy atom. The number of aryl methyl sites for hydroxylation is 1. The molecule has 0 N–H and O–H groups in total. The van der Waals surface area contributed by atoms with Crippen molar-refractivity contribution in [2.45, 2.75) is 25.3 Å². The van der Waals surface area contributed by atoms with Gasteiger partial charge in [0.05, 0.1) is 12.0 Å². The molecule has 1 aromatic carbocycles. The third kappa shape index (κ3) is 5.05. The molecule has 0 radical (unpaired) electrons. The van der Waals surface area contributed by atoms with Crippen LogP contribution in [-0.4, -0.2) is 70.3 Å². The Hall–Kier alpha value is -2.65. The van der Waals surface area contributed by atoms with E-state index in [-0.39, 0.29) is 12.0 Å². The van der Waals surface area contributed by atoms with Gasteiger partial charge in [0.15, 0.2) is 0 Å². The fourth-order valence-electron chi connectivity index (χ4n) is 3.65. The molecule has 0 aliphatic carbocycles. The quantitative estimate of drug-likeness (QED) is 0.391. The first kappa shape index (κ1) is 22.5. The molecule has 168 valence electrons. The van der Waals surface area contributed by atoms with Crippen LogP contribution in [0, 0.1) is 6.92 Å². The molecule has 1 fully saturated rings. The smallest absolute Gasteiger partial charge is 0.409 e. The molecule has 0 bridgehead atoms. The summed E-state index contributed by atoms with van der Waals surface area (Å²) in [5.74, 6) is 0.752. The second kappa shape index (κ2) is 10.3. The minimum atomic E-state index is -0.303. The Morgan fingerprint density at radius 2 is 1.81 bits per heavy atom. The minimum Gasteiger partial charge on any atom is -0.450 e. The van der Waals surface area contributed by atoms with Crippen molar-refractivity contribution in [3.05, 3.63) is 41.5 Å². The zero-order valence-corrected chi connectivity index (χ0v) is 19.9. The highest BCUT2D eigenvalue weighted by Crippen LogP contribution is 2.38. The lowest BCUT2D eigenvalue weighted by Crippen LogP contribution is -2.50. The van der Waals surface area contributed by atoms with Crippen LogP contribution in [0.15, 0.2) is 41.0 Å². The van der Waals surface area contributed by atoms with Crippen LogP contribution in [-0.2, 0) is 9.53 Å². The molecule has 3 aromatic rings. The van der Waals surface area contributed by atoms with E-state index in [9.17, 15) is 9.59 Å². The number of aromatic nitrogens is 2. The van der Waals surface area contributed by atoms with E-state index in [0.29, 0.717) is 45.0 Å². The average molecular weight is 471 g/mol. The van der Waals surface area contributed by atoms with E-state index in [1.165, 1.54) is 5.56 Å². The van der Waals surface area contributed by atoms with Crippen molar-refractivity contribution in [1.29, 1.82) is 0 Å². The number of rotatable bonds is 6. The molecule has 3 heterocycles. The number of hydrogen-bond acceptors (Lipinski definition) is 7. The molecular weight excluding hydrogens is 444 g/mol. The largest absolute Gasteiger partial charge is 0.450 e. The molecule has 1 aliphatic rings. The van der Waals surface area contributed by atoms with Crippen molar-refractivity contribution in [1.82, 2.24) is 19.8 Å². The normalized spacial score (nSPS) is 14.1. The highest BCUT2D eigenvalue weighted by atomic mass is 32.2. The van der Waals surface area contributed by atoms with E-state index in [1.807, 2.05) is 4.90 Å². The molecule has 32 heavy (non-hydrogen) atoms. The number of piperazine rings is 1. The Kier molecular flexibility index (Phi) is 7.26. The molecule has 2 aromatic heterocycles. The minimum absolute atomic E-state index is 0.107. The maximum absolute atomic E-state index is 12.7. The zero-order valence-electron chi connectivity index (χ0n) is 18.2. The standard InChI is InChI=1S/C23H26N4O3S2/c1-3-30-23(29)27-11-9-26(10-12-27)19(28)8-13-31-21-20-18(14-32-22(20)25-15-24-21)17-6-4-16(2)5-7-17/h4-7,14-15H,3,8-13H2,1-2H3. The third-order valence-electron chi connectivity index (χ3n) is 5.41. The van der Waals surface area contributed by atoms with Gasteiger partial charge in [-0.25, -0.2) is 14.8 Å². The topological polar surface area (TPSA) is 75.6 Å². The van der Waals surface area contributed by atoms with Crippen LogP contribution < -0.4 is 0 Å². The first-order chi connectivity index (χ1) is 15.6. The second-order valence-corrected chi connectivity index (χ2v) is 9.48. The van der Waals surface area contributed by atoms with Gasteiger partial charge in [-0.2, -0.15) is 0 Å². The summed E-state index contributed by atoms with van der Waals surface area (Å²) in [5, 5.41) is 4.09. The van der Waals surface area contributed by atoms with Gasteiger partial charge < -0.3 is 14.5 Å². The highest BCUT2D eigenvalue weighted by molar-refractivity contribution is 7.99. The van der Waals surface area contributed by atoms with Crippen molar-refractivity contribution in [2.24, 2.45) is 0 Å². The maximum atomic E-state index is 12.7. The molecular formula is C23H26N4O3S2. The molecule has 1 aliphatic heterocycles. The van der Waals surface area contributed by atoms with Gasteiger partial charge in [0.2, 0.25) is 5.91 Å². The molecule has 2 amide bonds. The Balaban J connectivity index is 1.37. The SMILES string of the molecule is CCOC(=O)N1CCN(C(=O)CCSc2ncnc3scc(-c4ccc(C)cc4)c23)CC1. The van der Waals surface area contributed by atoms with Gasteiger partial charge in [0.25, 0.3) is 0 Å². The zero-order chi connectivity index (χ0) is 22.5. The summed E-state index contributed by atoms with van der Waals surface area (Å²) >= 11 is 3.21. The number of hydrogen-bond donors (Lipinski definition) is 0. The first-order valence-corrected chi connectivity index (χ1v) is 12.5. The summed E-state index contributed by atoms with van der Waals surface area (Å²) in [4.78, 5) is 37.9. The van der Waals surface area contributed by atoms with E-state index in [4.69, 9.17) is 4.74 Å². The van der Waals surface area contributed by atoms with E-state index in [0.717, 1.165) is 26.4 Å². The molecule has 7 nitrogen and oxygen atoms in total. The number of ether oxygens (including phenoxy) is 1. The summed E-state index contributed by atoms with van der Waals surface area (Å²) in [6.45, 7) is 6.35. The number of carbonyl (C=O) groups is 2. The third-order valence-corrected chi connectivity index (χ3v) is 7.29. The van der Waals surface area contributed by atoms with Gasteiger partial charge in [-0.15, -0.1) is 23.1 Å². The van der Waals surface area contributed by atoms with Gasteiger partial charge in [-0.3, -0.25) is 4.79 Å². The van der Waals surface area contributed by atoms with E-state index in [2.05, 4.69) is 46.5 Å². The Morgan fingerprint density at radius 1 is 1.09 bits per heavy atom. The average Bonchev–Trinajstić information content (AvgIpc) is 3.25. The van der Waals surface area contributed by atoms with Crippen LogP contribution in [0.25, 0.3) is 21.3 Å². The van der Waals surface area contributed by atoms with Crippen LogP contribution in [0.4, 0.5) is 4.79 Å². The second-order valence-electron chi connectivity index (χ2n) is 7.54. The van der Waals surface area contributed by atoms with Gasteiger partial charge in [-0.05, 0) is 19.4 Å². The number of thiophene rings is 1. The van der Waals surface area contributed by atoms with Gasteiger partial charge in [0, 0.05) is 49.3 Å². The van der Waals surface area contributed by atoms with Crippen molar-refractivity contribution in [2.75, 3.05) is 38.5 Å². The maximum Gasteiger partial charge on any atom is 0.409 e. The summed E-state index contributed by atoms with van der Waals surface area (Å²) in [6, 6.07) is 8.46.